The highest BCUT2D eigenvalue weighted by molar-refractivity contribution is 5.99. The Bertz CT molecular complexity index is 346. The summed E-state index contributed by atoms with van der Waals surface area (Å²) < 4.78 is 5.44. The Morgan fingerprint density at radius 1 is 1.38 bits per heavy atom. The summed E-state index contributed by atoms with van der Waals surface area (Å²) in [5, 5.41) is 9.29. The first-order valence-corrected chi connectivity index (χ1v) is 5.23. The van der Waals surface area contributed by atoms with E-state index in [0.717, 1.165) is 0 Å². The molecule has 0 aliphatic heterocycles. The molecule has 0 aromatic heterocycles. The van der Waals surface area contributed by atoms with Crippen molar-refractivity contribution in [2.45, 2.75) is 26.1 Å². The van der Waals surface area contributed by atoms with Crippen LogP contribution >= 0.6 is 0 Å². The highest BCUT2D eigenvalue weighted by Crippen LogP contribution is 2.14. The number of carbonyl (C=O) groups is 1. The Morgan fingerprint density at radius 3 is 2.38 bits per heavy atom. The maximum atomic E-state index is 11.5. The van der Waals surface area contributed by atoms with Crippen LogP contribution in [0.4, 0.5) is 0 Å². The van der Waals surface area contributed by atoms with Gasteiger partial charge in [0.15, 0.2) is 5.78 Å². The topological polar surface area (TPSA) is 72.5 Å². The van der Waals surface area contributed by atoms with E-state index < -0.39 is 6.10 Å². The fraction of sp³-hybridized carbons (Fsp3) is 0.417. The number of carbonyl (C=O) groups excluding carboxylic acids is 1. The van der Waals surface area contributed by atoms with Crippen LogP contribution in [0.15, 0.2) is 24.3 Å². The molecule has 0 radical (unpaired) electrons. The molecule has 0 bridgehead atoms. The van der Waals surface area contributed by atoms with Gasteiger partial charge >= 0.3 is 0 Å². The van der Waals surface area contributed by atoms with Crippen molar-refractivity contribution >= 4 is 5.78 Å². The normalized spacial score (nSPS) is 12.6. The van der Waals surface area contributed by atoms with Gasteiger partial charge in [-0.25, -0.2) is 0 Å². The van der Waals surface area contributed by atoms with Crippen LogP contribution < -0.4 is 10.5 Å². The molecule has 1 unspecified atom stereocenters. The van der Waals surface area contributed by atoms with Gasteiger partial charge in [0.2, 0.25) is 0 Å². The Kier molecular flexibility index (Phi) is 4.46. The number of hydrogen-bond donors (Lipinski definition) is 2. The molecule has 0 saturated heterocycles. The maximum absolute atomic E-state index is 11.5. The van der Waals surface area contributed by atoms with Gasteiger partial charge in [-0.15, -0.1) is 0 Å². The maximum Gasteiger partial charge on any atom is 0.192 e. The number of aliphatic hydroxyl groups is 1. The molecule has 1 atom stereocenters. The van der Waals surface area contributed by atoms with Gasteiger partial charge in [-0.1, -0.05) is 0 Å². The number of Topliss-reactive ketones (excluding diaryl/α,β-unsaturated/α-hetero) is 1. The molecular weight excluding hydrogens is 206 g/mol. The summed E-state index contributed by atoms with van der Waals surface area (Å²) in [5.74, 6) is 0.340. The van der Waals surface area contributed by atoms with Gasteiger partial charge in [0, 0.05) is 12.1 Å². The Balaban J connectivity index is 2.74. The molecule has 0 aliphatic carbocycles. The number of hydrogen-bond acceptors (Lipinski definition) is 4. The lowest BCUT2D eigenvalue weighted by molar-refractivity contribution is 0.0763. The smallest absolute Gasteiger partial charge is 0.192 e. The first kappa shape index (κ1) is 12.7. The molecule has 0 amide bonds. The van der Waals surface area contributed by atoms with Crippen LogP contribution in [0.3, 0.4) is 0 Å². The van der Waals surface area contributed by atoms with Gasteiger partial charge in [-0.3, -0.25) is 4.79 Å². The van der Waals surface area contributed by atoms with Crippen LogP contribution in [0, 0.1) is 0 Å². The lowest BCUT2D eigenvalue weighted by Crippen LogP contribution is -2.29. The molecule has 1 aromatic carbocycles. The van der Waals surface area contributed by atoms with E-state index in [4.69, 9.17) is 10.5 Å². The van der Waals surface area contributed by atoms with E-state index in [-0.39, 0.29) is 18.4 Å². The van der Waals surface area contributed by atoms with Crippen molar-refractivity contribution in [2.75, 3.05) is 6.54 Å². The minimum atomic E-state index is -1.13. The van der Waals surface area contributed by atoms with E-state index in [2.05, 4.69) is 0 Å². The van der Waals surface area contributed by atoms with Crippen LogP contribution in [0.5, 0.6) is 5.75 Å². The van der Waals surface area contributed by atoms with E-state index in [1.165, 1.54) is 0 Å². The molecule has 4 nitrogen and oxygen atoms in total. The molecule has 3 N–H and O–H groups in total. The number of nitrogens with two attached hydrogens (primary N) is 1. The standard InChI is InChI=1S/C12H17NO3/c1-8(2)16-10-5-3-9(4-6-10)12(15)11(14)7-13/h3-6,8,11,14H,7,13H2,1-2H3. The number of aliphatic hydroxyl groups excluding tert-OH is 1. The average molecular weight is 223 g/mol. The van der Waals surface area contributed by atoms with Crippen LogP contribution in [0.25, 0.3) is 0 Å². The highest BCUT2D eigenvalue weighted by atomic mass is 16.5. The van der Waals surface area contributed by atoms with Crippen LogP contribution in [-0.2, 0) is 0 Å². The molecule has 4 heteroatoms. The zero-order chi connectivity index (χ0) is 12.1. The van der Waals surface area contributed by atoms with E-state index >= 15 is 0 Å². The third kappa shape index (κ3) is 3.32. The second-order valence-electron chi connectivity index (χ2n) is 3.81. The van der Waals surface area contributed by atoms with Crippen molar-refractivity contribution < 1.29 is 14.6 Å². The van der Waals surface area contributed by atoms with Crippen molar-refractivity contribution in [1.82, 2.24) is 0 Å². The predicted molar refractivity (Wildman–Crippen MR) is 61.6 cm³/mol. The SMILES string of the molecule is CC(C)Oc1ccc(C(=O)C(O)CN)cc1. The van der Waals surface area contributed by atoms with E-state index in [1.807, 2.05) is 13.8 Å². The first-order chi connectivity index (χ1) is 7.54. The molecule has 88 valence electrons. The van der Waals surface area contributed by atoms with E-state index in [9.17, 15) is 9.90 Å². The van der Waals surface area contributed by atoms with E-state index in [0.29, 0.717) is 11.3 Å². The molecular formula is C12H17NO3. The Labute approximate surface area is 95.0 Å². The van der Waals surface area contributed by atoms with Gasteiger partial charge in [-0.05, 0) is 38.1 Å². The van der Waals surface area contributed by atoms with Gasteiger partial charge < -0.3 is 15.6 Å². The Hall–Kier alpha value is -1.39. The molecule has 1 rings (SSSR count). The van der Waals surface area contributed by atoms with Crippen LogP contribution in [-0.4, -0.2) is 29.6 Å². The van der Waals surface area contributed by atoms with Gasteiger partial charge in [0.1, 0.15) is 11.9 Å². The number of ketones is 1. The molecule has 0 saturated carbocycles. The number of benzene rings is 1. The lowest BCUT2D eigenvalue weighted by atomic mass is 10.1. The summed E-state index contributed by atoms with van der Waals surface area (Å²) in [4.78, 5) is 11.5. The van der Waals surface area contributed by atoms with Crippen molar-refractivity contribution in [3.8, 4) is 5.75 Å². The zero-order valence-electron chi connectivity index (χ0n) is 9.51. The fourth-order valence-electron chi connectivity index (χ4n) is 1.27. The van der Waals surface area contributed by atoms with Gasteiger partial charge in [0.25, 0.3) is 0 Å². The summed E-state index contributed by atoms with van der Waals surface area (Å²) in [6.07, 6.45) is -1.03. The molecule has 16 heavy (non-hydrogen) atoms. The summed E-state index contributed by atoms with van der Waals surface area (Å²) >= 11 is 0. The molecule has 0 heterocycles. The second kappa shape index (κ2) is 5.63. The monoisotopic (exact) mass is 223 g/mol. The summed E-state index contributed by atoms with van der Waals surface area (Å²) in [6.45, 7) is 3.79. The summed E-state index contributed by atoms with van der Waals surface area (Å²) in [6, 6.07) is 6.66. The highest BCUT2D eigenvalue weighted by Gasteiger charge is 2.15. The largest absolute Gasteiger partial charge is 0.491 e. The van der Waals surface area contributed by atoms with Gasteiger partial charge in [0.05, 0.1) is 6.10 Å². The minimum absolute atomic E-state index is 0.0664. The average Bonchev–Trinajstić information content (AvgIpc) is 2.27. The van der Waals surface area contributed by atoms with Gasteiger partial charge in [-0.2, -0.15) is 0 Å². The third-order valence-corrected chi connectivity index (χ3v) is 2.04. The third-order valence-electron chi connectivity index (χ3n) is 2.04. The quantitative estimate of drug-likeness (QED) is 0.730. The van der Waals surface area contributed by atoms with E-state index in [1.54, 1.807) is 24.3 Å². The first-order valence-electron chi connectivity index (χ1n) is 5.23. The zero-order valence-corrected chi connectivity index (χ0v) is 9.51. The Morgan fingerprint density at radius 2 is 1.94 bits per heavy atom. The molecule has 0 spiro atoms. The van der Waals surface area contributed by atoms with Crippen molar-refractivity contribution in [2.24, 2.45) is 5.73 Å². The minimum Gasteiger partial charge on any atom is -0.491 e. The summed E-state index contributed by atoms with van der Waals surface area (Å²) in [5.41, 5.74) is 5.65. The number of ether oxygens (including phenoxy) is 1. The summed E-state index contributed by atoms with van der Waals surface area (Å²) in [7, 11) is 0. The molecule has 0 aliphatic rings. The number of rotatable bonds is 5. The fourth-order valence-corrected chi connectivity index (χ4v) is 1.27. The van der Waals surface area contributed by atoms with Crippen molar-refractivity contribution in [3.05, 3.63) is 29.8 Å². The predicted octanol–water partition coefficient (Wildman–Crippen LogP) is 0.976. The van der Waals surface area contributed by atoms with Crippen molar-refractivity contribution in [3.63, 3.8) is 0 Å². The lowest BCUT2D eigenvalue weighted by Gasteiger charge is -2.10. The van der Waals surface area contributed by atoms with Crippen molar-refractivity contribution in [1.29, 1.82) is 0 Å². The molecule has 0 fully saturated rings. The van der Waals surface area contributed by atoms with Crippen LogP contribution in [0.1, 0.15) is 24.2 Å². The van der Waals surface area contributed by atoms with Crippen LogP contribution in [0.2, 0.25) is 0 Å². The molecule has 1 aromatic rings. The second-order valence-corrected chi connectivity index (χ2v) is 3.81.